The topological polar surface area (TPSA) is 35.9 Å². The van der Waals surface area contributed by atoms with E-state index < -0.39 is 0 Å². The minimum atomic E-state index is -0.323. The highest BCUT2D eigenvalue weighted by molar-refractivity contribution is 5.00. The highest BCUT2D eigenvalue weighted by atomic mass is 16.5. The van der Waals surface area contributed by atoms with Gasteiger partial charge in [0.05, 0.1) is 12.7 Å². The predicted octanol–water partition coefficient (Wildman–Crippen LogP) is 0.410. The maximum absolute atomic E-state index is 9.83. The summed E-state index contributed by atoms with van der Waals surface area (Å²) in [4.78, 5) is 5.17. The molecule has 4 atom stereocenters. The monoisotopic (exact) mass is 254 g/mol. The van der Waals surface area contributed by atoms with Gasteiger partial charge in [0.25, 0.3) is 0 Å². The van der Waals surface area contributed by atoms with Crippen molar-refractivity contribution in [2.45, 2.75) is 31.4 Å². The van der Waals surface area contributed by atoms with E-state index in [-0.39, 0.29) is 6.10 Å². The van der Waals surface area contributed by atoms with Gasteiger partial charge < -0.3 is 9.84 Å². The van der Waals surface area contributed by atoms with Gasteiger partial charge in [-0.1, -0.05) is 6.42 Å². The average Bonchev–Trinajstić information content (AvgIpc) is 2.86. The Morgan fingerprint density at radius 1 is 1.28 bits per heavy atom. The van der Waals surface area contributed by atoms with Gasteiger partial charge in [-0.05, 0) is 31.2 Å². The molecule has 3 heterocycles. The zero-order valence-corrected chi connectivity index (χ0v) is 11.4. The van der Waals surface area contributed by atoms with Crippen molar-refractivity contribution >= 4 is 0 Å². The van der Waals surface area contributed by atoms with E-state index in [1.807, 2.05) is 0 Å². The van der Waals surface area contributed by atoms with Crippen LogP contribution in [-0.4, -0.2) is 73.5 Å². The summed E-state index contributed by atoms with van der Waals surface area (Å²) in [6.07, 6.45) is 3.88. The zero-order chi connectivity index (χ0) is 12.5. The van der Waals surface area contributed by atoms with Gasteiger partial charge in [-0.2, -0.15) is 0 Å². The van der Waals surface area contributed by atoms with E-state index in [0.29, 0.717) is 6.61 Å². The van der Waals surface area contributed by atoms with Gasteiger partial charge in [-0.15, -0.1) is 0 Å². The molecule has 0 unspecified atom stereocenters. The van der Waals surface area contributed by atoms with E-state index in [2.05, 4.69) is 9.80 Å². The van der Waals surface area contributed by atoms with Crippen molar-refractivity contribution in [3.8, 4) is 0 Å². The van der Waals surface area contributed by atoms with Gasteiger partial charge in [0.1, 0.15) is 0 Å². The van der Waals surface area contributed by atoms with Crippen molar-refractivity contribution in [3.05, 3.63) is 0 Å². The van der Waals surface area contributed by atoms with Crippen LogP contribution in [-0.2, 0) is 4.74 Å². The molecule has 4 heteroatoms. The molecule has 0 bridgehead atoms. The number of β-amino-alcohol motifs (C(OH)–C–C–N with tert-alkyl or cyclic N) is 1. The maximum Gasteiger partial charge on any atom is 0.0900 e. The first-order valence-corrected chi connectivity index (χ1v) is 7.41. The molecule has 0 saturated carbocycles. The highest BCUT2D eigenvalue weighted by Gasteiger charge is 2.47. The predicted molar refractivity (Wildman–Crippen MR) is 70.5 cm³/mol. The van der Waals surface area contributed by atoms with Crippen LogP contribution in [0.1, 0.15) is 19.3 Å². The fraction of sp³-hybridized carbons (Fsp3) is 1.00. The van der Waals surface area contributed by atoms with Crippen molar-refractivity contribution in [1.82, 2.24) is 9.80 Å². The van der Waals surface area contributed by atoms with Gasteiger partial charge in [0.15, 0.2) is 0 Å². The summed E-state index contributed by atoms with van der Waals surface area (Å²) in [5, 5.41) is 9.83. The molecule has 3 fully saturated rings. The third-order valence-corrected chi connectivity index (χ3v) is 5.02. The average molecular weight is 254 g/mol. The first kappa shape index (κ1) is 12.9. The van der Waals surface area contributed by atoms with Crippen molar-refractivity contribution < 1.29 is 9.84 Å². The van der Waals surface area contributed by atoms with Crippen LogP contribution < -0.4 is 0 Å². The SMILES string of the molecule is COC[C@H](O)CN1C[C@@H]2CN3CCCC[C@H]3[C@@H]2C1. The lowest BCUT2D eigenvalue weighted by Gasteiger charge is -2.33. The number of piperidine rings is 1. The van der Waals surface area contributed by atoms with Crippen LogP contribution in [0.4, 0.5) is 0 Å². The Bertz CT molecular complexity index is 287. The van der Waals surface area contributed by atoms with E-state index in [1.165, 1.54) is 45.4 Å². The lowest BCUT2D eigenvalue weighted by atomic mass is 9.90. The summed E-state index contributed by atoms with van der Waals surface area (Å²) in [5.74, 6) is 1.71. The Kier molecular flexibility index (Phi) is 3.89. The summed E-state index contributed by atoms with van der Waals surface area (Å²) in [6, 6.07) is 0.841. The molecule has 3 aliphatic heterocycles. The summed E-state index contributed by atoms with van der Waals surface area (Å²) >= 11 is 0. The number of rotatable bonds is 4. The Hall–Kier alpha value is -0.160. The molecule has 0 aliphatic carbocycles. The molecule has 18 heavy (non-hydrogen) atoms. The molecule has 0 amide bonds. The molecule has 3 aliphatic rings. The van der Waals surface area contributed by atoms with Gasteiger partial charge in [-0.3, -0.25) is 9.80 Å². The van der Waals surface area contributed by atoms with Gasteiger partial charge >= 0.3 is 0 Å². The standard InChI is InChI=1S/C14H26N2O2/c1-18-10-12(17)8-15-6-11-7-16-5-3-2-4-14(16)13(11)9-15/h11-14,17H,2-10H2,1H3/t11-,12-,13-,14+/m1/s1. The quantitative estimate of drug-likeness (QED) is 0.788. The summed E-state index contributed by atoms with van der Waals surface area (Å²) in [5.41, 5.74) is 0. The summed E-state index contributed by atoms with van der Waals surface area (Å²) < 4.78 is 5.01. The Balaban J connectivity index is 1.53. The number of nitrogens with zero attached hydrogens (tertiary/aromatic N) is 2. The van der Waals surface area contributed by atoms with Crippen molar-refractivity contribution in [2.24, 2.45) is 11.8 Å². The van der Waals surface area contributed by atoms with Crippen LogP contribution in [0.5, 0.6) is 0 Å². The van der Waals surface area contributed by atoms with Crippen molar-refractivity contribution in [2.75, 3.05) is 46.4 Å². The third kappa shape index (κ3) is 2.44. The van der Waals surface area contributed by atoms with Crippen molar-refractivity contribution in [3.63, 3.8) is 0 Å². The van der Waals surface area contributed by atoms with Crippen LogP contribution >= 0.6 is 0 Å². The molecule has 3 rings (SSSR count). The minimum absolute atomic E-state index is 0.323. The van der Waals surface area contributed by atoms with E-state index in [9.17, 15) is 5.11 Å². The van der Waals surface area contributed by atoms with Crippen LogP contribution in [0.25, 0.3) is 0 Å². The van der Waals surface area contributed by atoms with E-state index in [4.69, 9.17) is 4.74 Å². The molecular weight excluding hydrogens is 228 g/mol. The third-order valence-electron chi connectivity index (χ3n) is 5.02. The van der Waals surface area contributed by atoms with Crippen LogP contribution in [0.3, 0.4) is 0 Å². The number of hydrogen-bond acceptors (Lipinski definition) is 4. The van der Waals surface area contributed by atoms with E-state index in [0.717, 1.165) is 24.4 Å². The summed E-state index contributed by atoms with van der Waals surface area (Å²) in [6.45, 7) is 6.23. The van der Waals surface area contributed by atoms with E-state index in [1.54, 1.807) is 7.11 Å². The molecule has 3 saturated heterocycles. The molecule has 0 radical (unpaired) electrons. The number of aliphatic hydroxyl groups is 1. The van der Waals surface area contributed by atoms with Crippen LogP contribution in [0.15, 0.2) is 0 Å². The van der Waals surface area contributed by atoms with Gasteiger partial charge in [0.2, 0.25) is 0 Å². The van der Waals surface area contributed by atoms with Crippen LogP contribution in [0, 0.1) is 11.8 Å². The second kappa shape index (κ2) is 5.45. The highest BCUT2D eigenvalue weighted by Crippen LogP contribution is 2.40. The number of fused-ring (bicyclic) bond motifs is 3. The lowest BCUT2D eigenvalue weighted by molar-refractivity contribution is 0.0387. The molecule has 0 aromatic rings. The Morgan fingerprint density at radius 2 is 2.17 bits per heavy atom. The number of likely N-dealkylation sites (tertiary alicyclic amines) is 1. The second-order valence-electron chi connectivity index (χ2n) is 6.31. The zero-order valence-electron chi connectivity index (χ0n) is 11.4. The normalized spacial score (nSPS) is 38.7. The van der Waals surface area contributed by atoms with Crippen molar-refractivity contribution in [1.29, 1.82) is 0 Å². The van der Waals surface area contributed by atoms with Gasteiger partial charge in [-0.25, -0.2) is 0 Å². The number of hydrogen-bond donors (Lipinski definition) is 1. The summed E-state index contributed by atoms with van der Waals surface area (Å²) in [7, 11) is 1.65. The van der Waals surface area contributed by atoms with Crippen LogP contribution in [0.2, 0.25) is 0 Å². The van der Waals surface area contributed by atoms with E-state index >= 15 is 0 Å². The lowest BCUT2D eigenvalue weighted by Crippen LogP contribution is -2.41. The molecule has 0 aromatic heterocycles. The number of methoxy groups -OCH3 is 1. The molecule has 0 spiro atoms. The molecular formula is C14H26N2O2. The Morgan fingerprint density at radius 3 is 3.00 bits per heavy atom. The number of aliphatic hydroxyl groups excluding tert-OH is 1. The fourth-order valence-electron chi connectivity index (χ4n) is 4.34. The first-order valence-electron chi connectivity index (χ1n) is 7.41. The largest absolute Gasteiger partial charge is 0.389 e. The first-order chi connectivity index (χ1) is 8.78. The molecule has 0 aromatic carbocycles. The fourth-order valence-corrected chi connectivity index (χ4v) is 4.34. The van der Waals surface area contributed by atoms with Gasteiger partial charge in [0, 0.05) is 39.3 Å². The Labute approximate surface area is 110 Å². The molecule has 1 N–H and O–H groups in total. The number of ether oxygens (including phenoxy) is 1. The molecule has 104 valence electrons. The molecule has 4 nitrogen and oxygen atoms in total. The maximum atomic E-state index is 9.83. The second-order valence-corrected chi connectivity index (χ2v) is 6.31. The minimum Gasteiger partial charge on any atom is -0.389 e. The smallest absolute Gasteiger partial charge is 0.0900 e.